The third-order valence-electron chi connectivity index (χ3n) is 3.90. The molecule has 120 valence electrons. The third kappa shape index (κ3) is 3.36. The molecule has 0 radical (unpaired) electrons. The minimum Gasteiger partial charge on any atom is -0.481 e. The van der Waals surface area contributed by atoms with E-state index in [2.05, 4.69) is 15.5 Å². The van der Waals surface area contributed by atoms with Gasteiger partial charge in [0.2, 0.25) is 0 Å². The van der Waals surface area contributed by atoms with Crippen LogP contribution in [-0.4, -0.2) is 38.0 Å². The van der Waals surface area contributed by atoms with Crippen LogP contribution in [0.15, 0.2) is 30.5 Å². The molecular weight excluding hydrogens is 303 g/mol. The Bertz CT molecular complexity index is 729. The molecule has 7 nitrogen and oxygen atoms in total. The Hall–Kier alpha value is -2.77. The van der Waals surface area contributed by atoms with Gasteiger partial charge in [-0.1, -0.05) is 0 Å². The van der Waals surface area contributed by atoms with Crippen molar-refractivity contribution >= 4 is 11.9 Å². The average molecular weight is 318 g/mol. The highest BCUT2D eigenvalue weighted by Crippen LogP contribution is 2.25. The van der Waals surface area contributed by atoms with E-state index in [1.165, 1.54) is 35.3 Å². The van der Waals surface area contributed by atoms with E-state index in [1.54, 1.807) is 0 Å². The molecule has 0 saturated heterocycles. The van der Waals surface area contributed by atoms with Gasteiger partial charge in [0.1, 0.15) is 5.82 Å². The van der Waals surface area contributed by atoms with Crippen molar-refractivity contribution < 1.29 is 19.1 Å². The summed E-state index contributed by atoms with van der Waals surface area (Å²) in [7, 11) is 0. The first kappa shape index (κ1) is 15.1. The van der Waals surface area contributed by atoms with E-state index in [-0.39, 0.29) is 17.6 Å². The molecule has 1 aromatic carbocycles. The molecule has 1 saturated carbocycles. The maximum absolute atomic E-state index is 12.9. The van der Waals surface area contributed by atoms with Crippen LogP contribution in [0.2, 0.25) is 0 Å². The fraction of sp³-hybridized carbons (Fsp3) is 0.333. The Balaban J connectivity index is 1.65. The number of hydrogen-bond acceptors (Lipinski definition) is 4. The number of carboxylic acids is 1. The van der Waals surface area contributed by atoms with Gasteiger partial charge in [0.05, 0.1) is 17.8 Å². The predicted molar refractivity (Wildman–Crippen MR) is 77.5 cm³/mol. The number of amides is 1. The standard InChI is InChI=1S/C15H15FN4O3/c16-10-2-5-12(6-3-10)20-17-8-13(19-20)14(21)18-11-4-1-9(7-11)15(22)23/h2-3,5-6,8-9,11H,1,4,7H2,(H,18,21)(H,22,23)/t9-,11+/m0/s1. The minimum atomic E-state index is -0.830. The lowest BCUT2D eigenvalue weighted by Gasteiger charge is -2.10. The molecule has 1 aromatic heterocycles. The van der Waals surface area contributed by atoms with Gasteiger partial charge in [-0.25, -0.2) is 4.39 Å². The van der Waals surface area contributed by atoms with Gasteiger partial charge in [-0.15, -0.1) is 5.10 Å². The maximum Gasteiger partial charge on any atom is 0.306 e. The number of benzene rings is 1. The number of carbonyl (C=O) groups is 2. The Labute approximate surface area is 131 Å². The Morgan fingerprint density at radius 1 is 1.26 bits per heavy atom. The van der Waals surface area contributed by atoms with E-state index in [9.17, 15) is 14.0 Å². The SMILES string of the molecule is O=C(N[C@@H]1CC[C@H](C(=O)O)C1)c1cnn(-c2ccc(F)cc2)n1. The molecule has 0 spiro atoms. The first-order valence-electron chi connectivity index (χ1n) is 7.25. The molecule has 1 heterocycles. The van der Waals surface area contributed by atoms with Crippen LogP contribution >= 0.6 is 0 Å². The monoisotopic (exact) mass is 318 g/mol. The van der Waals surface area contributed by atoms with Crippen LogP contribution in [0.1, 0.15) is 29.8 Å². The molecule has 2 aromatic rings. The van der Waals surface area contributed by atoms with Gasteiger partial charge in [-0.3, -0.25) is 9.59 Å². The van der Waals surface area contributed by atoms with E-state index in [0.29, 0.717) is 24.9 Å². The van der Waals surface area contributed by atoms with Crippen molar-refractivity contribution in [2.24, 2.45) is 5.92 Å². The molecule has 1 aliphatic rings. The summed E-state index contributed by atoms with van der Waals surface area (Å²) in [4.78, 5) is 24.3. The second kappa shape index (κ2) is 6.15. The maximum atomic E-state index is 12.9. The van der Waals surface area contributed by atoms with Crippen LogP contribution in [0, 0.1) is 11.7 Å². The topological polar surface area (TPSA) is 97.1 Å². The Morgan fingerprint density at radius 3 is 2.65 bits per heavy atom. The number of rotatable bonds is 4. The van der Waals surface area contributed by atoms with Crippen LogP contribution in [0.4, 0.5) is 4.39 Å². The number of aromatic nitrogens is 3. The summed E-state index contributed by atoms with van der Waals surface area (Å²) in [5.74, 6) is -2.00. The number of hydrogen-bond donors (Lipinski definition) is 2. The summed E-state index contributed by atoms with van der Waals surface area (Å²) in [6.45, 7) is 0. The summed E-state index contributed by atoms with van der Waals surface area (Å²) < 4.78 is 12.9. The zero-order valence-corrected chi connectivity index (χ0v) is 12.1. The Kier molecular flexibility index (Phi) is 4.05. The molecule has 1 aliphatic carbocycles. The summed E-state index contributed by atoms with van der Waals surface area (Å²) in [5.41, 5.74) is 0.672. The predicted octanol–water partition coefficient (Wildman–Crippen LogP) is 1.39. The van der Waals surface area contributed by atoms with Crippen molar-refractivity contribution in [1.82, 2.24) is 20.3 Å². The van der Waals surface area contributed by atoms with Gasteiger partial charge < -0.3 is 10.4 Å². The second-order valence-corrected chi connectivity index (χ2v) is 5.51. The first-order chi connectivity index (χ1) is 11.0. The molecule has 0 aliphatic heterocycles. The number of halogens is 1. The summed E-state index contributed by atoms with van der Waals surface area (Å²) in [5, 5.41) is 19.8. The van der Waals surface area contributed by atoms with E-state index in [0.717, 1.165) is 0 Å². The van der Waals surface area contributed by atoms with Crippen LogP contribution in [0.5, 0.6) is 0 Å². The highest BCUT2D eigenvalue weighted by molar-refractivity contribution is 5.92. The first-order valence-corrected chi connectivity index (χ1v) is 7.25. The van der Waals surface area contributed by atoms with Gasteiger partial charge in [-0.05, 0) is 43.5 Å². The highest BCUT2D eigenvalue weighted by atomic mass is 19.1. The van der Waals surface area contributed by atoms with Crippen LogP contribution in [0.25, 0.3) is 5.69 Å². The van der Waals surface area contributed by atoms with Crippen molar-refractivity contribution in [1.29, 1.82) is 0 Å². The quantitative estimate of drug-likeness (QED) is 0.888. The molecule has 8 heteroatoms. The molecule has 2 atom stereocenters. The number of carbonyl (C=O) groups excluding carboxylic acids is 1. The van der Waals surface area contributed by atoms with Gasteiger partial charge in [0.15, 0.2) is 5.69 Å². The minimum absolute atomic E-state index is 0.133. The molecule has 23 heavy (non-hydrogen) atoms. The fourth-order valence-electron chi connectivity index (χ4n) is 2.66. The summed E-state index contributed by atoms with van der Waals surface area (Å²) >= 11 is 0. The largest absolute Gasteiger partial charge is 0.481 e. The van der Waals surface area contributed by atoms with Crippen molar-refractivity contribution in [3.8, 4) is 5.69 Å². The van der Waals surface area contributed by atoms with Gasteiger partial charge in [-0.2, -0.15) is 9.90 Å². The third-order valence-corrected chi connectivity index (χ3v) is 3.90. The molecule has 1 amide bonds. The molecule has 2 N–H and O–H groups in total. The van der Waals surface area contributed by atoms with E-state index < -0.39 is 17.8 Å². The van der Waals surface area contributed by atoms with Crippen LogP contribution < -0.4 is 5.32 Å². The van der Waals surface area contributed by atoms with Crippen LogP contribution in [0.3, 0.4) is 0 Å². The lowest BCUT2D eigenvalue weighted by Crippen LogP contribution is -2.33. The summed E-state index contributed by atoms with van der Waals surface area (Å²) in [6.07, 6.45) is 2.94. The molecule has 0 unspecified atom stereocenters. The van der Waals surface area contributed by atoms with E-state index in [1.807, 2.05) is 0 Å². The molecule has 1 fully saturated rings. The van der Waals surface area contributed by atoms with Crippen LogP contribution in [-0.2, 0) is 4.79 Å². The smallest absolute Gasteiger partial charge is 0.306 e. The van der Waals surface area contributed by atoms with Crippen molar-refractivity contribution in [2.75, 3.05) is 0 Å². The molecular formula is C15H15FN4O3. The van der Waals surface area contributed by atoms with Gasteiger partial charge in [0, 0.05) is 6.04 Å². The average Bonchev–Trinajstić information content (AvgIpc) is 3.17. The van der Waals surface area contributed by atoms with Gasteiger partial charge >= 0.3 is 5.97 Å². The molecule has 0 bridgehead atoms. The van der Waals surface area contributed by atoms with Crippen molar-refractivity contribution in [2.45, 2.75) is 25.3 Å². The van der Waals surface area contributed by atoms with Gasteiger partial charge in [0.25, 0.3) is 5.91 Å². The zero-order valence-electron chi connectivity index (χ0n) is 12.1. The number of nitrogens with zero attached hydrogens (tertiary/aromatic N) is 3. The zero-order chi connectivity index (χ0) is 16.4. The number of aliphatic carboxylic acids is 1. The van der Waals surface area contributed by atoms with E-state index in [4.69, 9.17) is 5.11 Å². The summed E-state index contributed by atoms with van der Waals surface area (Å²) in [6, 6.07) is 5.41. The lowest BCUT2D eigenvalue weighted by atomic mass is 10.1. The number of carboxylic acid groups (broad SMARTS) is 1. The number of nitrogens with one attached hydrogen (secondary N) is 1. The normalized spacial score (nSPS) is 20.4. The highest BCUT2D eigenvalue weighted by Gasteiger charge is 2.31. The fourth-order valence-corrected chi connectivity index (χ4v) is 2.66. The van der Waals surface area contributed by atoms with Crippen molar-refractivity contribution in [3.63, 3.8) is 0 Å². The van der Waals surface area contributed by atoms with E-state index >= 15 is 0 Å². The Morgan fingerprint density at radius 2 is 2.00 bits per heavy atom. The lowest BCUT2D eigenvalue weighted by molar-refractivity contribution is -0.141. The molecule has 3 rings (SSSR count). The van der Waals surface area contributed by atoms with Crippen molar-refractivity contribution in [3.05, 3.63) is 42.0 Å². The second-order valence-electron chi connectivity index (χ2n) is 5.51.